The van der Waals surface area contributed by atoms with Crippen LogP contribution in [0.1, 0.15) is 53.0 Å². The van der Waals surface area contributed by atoms with Gasteiger partial charge < -0.3 is 15.6 Å². The molecular formula is C27H35FN4O2. The summed E-state index contributed by atoms with van der Waals surface area (Å²) in [5.74, 6) is -0.841. The molecule has 0 radical (unpaired) electrons. The molecule has 34 heavy (non-hydrogen) atoms. The molecule has 2 heterocycles. The number of carbonyl (C=O) groups excluding carboxylic acids is 2. The van der Waals surface area contributed by atoms with Crippen molar-refractivity contribution >= 4 is 23.7 Å². The molecule has 3 unspecified atom stereocenters. The van der Waals surface area contributed by atoms with Gasteiger partial charge in [-0.15, -0.1) is 0 Å². The third kappa shape index (κ3) is 5.18. The second-order valence-electron chi connectivity index (χ2n) is 9.65. The van der Waals surface area contributed by atoms with Crippen molar-refractivity contribution in [3.8, 4) is 0 Å². The zero-order valence-corrected chi connectivity index (χ0v) is 20.7. The first-order valence-electron chi connectivity index (χ1n) is 12.0. The lowest BCUT2D eigenvalue weighted by molar-refractivity contribution is -0.152. The van der Waals surface area contributed by atoms with Crippen molar-refractivity contribution in [3.63, 3.8) is 0 Å². The Hall–Kier alpha value is -3.09. The maximum atomic E-state index is 13.6. The predicted molar refractivity (Wildman–Crippen MR) is 133 cm³/mol. The molecule has 1 saturated heterocycles. The lowest BCUT2D eigenvalue weighted by Gasteiger charge is -2.44. The van der Waals surface area contributed by atoms with Crippen LogP contribution in [0.4, 0.5) is 4.39 Å². The van der Waals surface area contributed by atoms with Crippen LogP contribution in [-0.4, -0.2) is 47.3 Å². The topological polar surface area (TPSA) is 85.6 Å². The Bertz CT molecular complexity index is 1040. The van der Waals surface area contributed by atoms with Crippen LogP contribution < -0.4 is 5.32 Å². The fraction of sp³-hybridized carbons (Fsp3) is 0.481. The summed E-state index contributed by atoms with van der Waals surface area (Å²) in [7, 11) is 0. The SMILES string of the molecule is CCC1(C)C(=O)NCCN1C(=O)C1C=NC(/C(=C\C(=N)c2ccc(F)cc2)C(C)C)=CCC1C. The highest BCUT2D eigenvalue weighted by atomic mass is 19.1. The van der Waals surface area contributed by atoms with E-state index in [-0.39, 0.29) is 35.2 Å². The van der Waals surface area contributed by atoms with Crippen molar-refractivity contribution in [2.45, 2.75) is 53.0 Å². The highest BCUT2D eigenvalue weighted by molar-refractivity contribution is 6.07. The van der Waals surface area contributed by atoms with Gasteiger partial charge in [0.2, 0.25) is 11.8 Å². The normalized spacial score (nSPS) is 25.6. The Morgan fingerprint density at radius 1 is 1.35 bits per heavy atom. The molecule has 3 rings (SSSR count). The molecule has 3 atom stereocenters. The quantitative estimate of drug-likeness (QED) is 0.604. The fourth-order valence-electron chi connectivity index (χ4n) is 4.43. The smallest absolute Gasteiger partial charge is 0.245 e. The molecular weight excluding hydrogens is 431 g/mol. The monoisotopic (exact) mass is 466 g/mol. The van der Waals surface area contributed by atoms with E-state index in [0.717, 1.165) is 11.3 Å². The summed E-state index contributed by atoms with van der Waals surface area (Å²) < 4.78 is 13.3. The summed E-state index contributed by atoms with van der Waals surface area (Å²) in [6, 6.07) is 5.87. The standard InChI is InChI=1S/C27H35FN4O2/c1-6-27(5)26(34)30-13-14-32(27)25(33)22-16-31-24(12-7-18(22)4)21(17(2)3)15-23(29)19-8-10-20(28)11-9-19/h8-12,15-18,22,29H,6-7,13-14H2,1-5H3,(H,30,34)/b21-15-,29-23?. The third-order valence-electron chi connectivity index (χ3n) is 6.99. The van der Waals surface area contributed by atoms with Crippen molar-refractivity contribution < 1.29 is 14.0 Å². The molecule has 0 aliphatic carbocycles. The zero-order valence-electron chi connectivity index (χ0n) is 20.7. The minimum Gasteiger partial charge on any atom is -0.352 e. The van der Waals surface area contributed by atoms with Crippen LogP contribution in [0.3, 0.4) is 0 Å². The number of piperazine rings is 1. The first-order chi connectivity index (χ1) is 16.1. The molecule has 2 aliphatic rings. The van der Waals surface area contributed by atoms with Gasteiger partial charge in [-0.25, -0.2) is 4.39 Å². The summed E-state index contributed by atoms with van der Waals surface area (Å²) in [6.45, 7) is 10.8. The Labute approximate surface area is 201 Å². The first kappa shape index (κ1) is 25.5. The Balaban J connectivity index is 1.87. The van der Waals surface area contributed by atoms with Gasteiger partial charge in [-0.3, -0.25) is 14.6 Å². The molecule has 0 spiro atoms. The van der Waals surface area contributed by atoms with E-state index in [4.69, 9.17) is 10.4 Å². The number of hydrogen-bond donors (Lipinski definition) is 2. The molecule has 6 nitrogen and oxygen atoms in total. The molecule has 0 saturated carbocycles. The average molecular weight is 467 g/mol. The van der Waals surface area contributed by atoms with Gasteiger partial charge in [-0.05, 0) is 73.1 Å². The summed E-state index contributed by atoms with van der Waals surface area (Å²) >= 11 is 0. The summed E-state index contributed by atoms with van der Waals surface area (Å²) in [6.07, 6.45) is 6.71. The van der Waals surface area contributed by atoms with Gasteiger partial charge in [0.05, 0.1) is 17.3 Å². The third-order valence-corrected chi connectivity index (χ3v) is 6.99. The largest absolute Gasteiger partial charge is 0.352 e. The first-order valence-corrected chi connectivity index (χ1v) is 12.0. The molecule has 1 aromatic rings. The molecule has 2 aliphatic heterocycles. The van der Waals surface area contributed by atoms with E-state index in [2.05, 4.69) is 5.32 Å². The second-order valence-corrected chi connectivity index (χ2v) is 9.65. The average Bonchev–Trinajstić information content (AvgIpc) is 3.00. The molecule has 0 bridgehead atoms. The van der Waals surface area contributed by atoms with Gasteiger partial charge in [0.1, 0.15) is 11.4 Å². The predicted octanol–water partition coefficient (Wildman–Crippen LogP) is 4.51. The lowest BCUT2D eigenvalue weighted by Crippen LogP contribution is -2.65. The lowest BCUT2D eigenvalue weighted by atomic mass is 9.86. The highest BCUT2D eigenvalue weighted by Gasteiger charge is 2.45. The summed E-state index contributed by atoms with van der Waals surface area (Å²) in [4.78, 5) is 32.6. The van der Waals surface area contributed by atoms with Crippen LogP contribution in [0.2, 0.25) is 0 Å². The van der Waals surface area contributed by atoms with Gasteiger partial charge >= 0.3 is 0 Å². The van der Waals surface area contributed by atoms with Gasteiger partial charge in [-0.1, -0.05) is 33.8 Å². The van der Waals surface area contributed by atoms with E-state index in [1.165, 1.54) is 12.1 Å². The molecule has 0 aromatic heterocycles. The maximum Gasteiger partial charge on any atom is 0.245 e. The van der Waals surface area contributed by atoms with E-state index in [1.54, 1.807) is 29.3 Å². The molecule has 182 valence electrons. The van der Waals surface area contributed by atoms with E-state index in [9.17, 15) is 14.0 Å². The summed E-state index contributed by atoms with van der Waals surface area (Å²) in [5.41, 5.74) is 1.68. The van der Waals surface area contributed by atoms with Crippen molar-refractivity contribution in [1.82, 2.24) is 10.2 Å². The number of hydrogen-bond acceptors (Lipinski definition) is 4. The van der Waals surface area contributed by atoms with E-state index in [1.807, 2.05) is 40.7 Å². The van der Waals surface area contributed by atoms with Gasteiger partial charge in [0, 0.05) is 19.3 Å². The number of aliphatic imine (C=N–C) groups is 1. The molecule has 7 heteroatoms. The van der Waals surface area contributed by atoms with Crippen molar-refractivity contribution in [2.24, 2.45) is 22.7 Å². The van der Waals surface area contributed by atoms with Gasteiger partial charge in [0.15, 0.2) is 0 Å². The Kier molecular flexibility index (Phi) is 7.85. The maximum absolute atomic E-state index is 13.6. The molecule has 2 amide bonds. The van der Waals surface area contributed by atoms with Crippen LogP contribution in [-0.2, 0) is 9.59 Å². The highest BCUT2D eigenvalue weighted by Crippen LogP contribution is 2.31. The number of rotatable bonds is 6. The van der Waals surface area contributed by atoms with E-state index in [0.29, 0.717) is 31.5 Å². The molecule has 2 N–H and O–H groups in total. The number of allylic oxidation sites excluding steroid dienone is 3. The number of halogens is 1. The minimum absolute atomic E-state index is 0.0183. The Morgan fingerprint density at radius 3 is 2.65 bits per heavy atom. The second kappa shape index (κ2) is 10.5. The number of benzene rings is 1. The van der Waals surface area contributed by atoms with Crippen LogP contribution in [0.5, 0.6) is 0 Å². The number of amides is 2. The Morgan fingerprint density at radius 2 is 2.03 bits per heavy atom. The van der Waals surface area contributed by atoms with Gasteiger partial charge in [0.25, 0.3) is 0 Å². The van der Waals surface area contributed by atoms with Crippen LogP contribution in [0, 0.1) is 29.0 Å². The van der Waals surface area contributed by atoms with Crippen LogP contribution in [0.25, 0.3) is 0 Å². The van der Waals surface area contributed by atoms with Crippen molar-refractivity contribution in [2.75, 3.05) is 13.1 Å². The van der Waals surface area contributed by atoms with Crippen LogP contribution in [0.15, 0.2) is 52.7 Å². The van der Waals surface area contributed by atoms with Gasteiger partial charge in [-0.2, -0.15) is 0 Å². The molecule has 1 fully saturated rings. The molecule has 1 aromatic carbocycles. The zero-order chi connectivity index (χ0) is 25.0. The van der Waals surface area contributed by atoms with Crippen LogP contribution >= 0.6 is 0 Å². The van der Waals surface area contributed by atoms with Crippen molar-refractivity contribution in [3.05, 3.63) is 59.1 Å². The number of nitrogens with zero attached hydrogens (tertiary/aromatic N) is 2. The van der Waals surface area contributed by atoms with E-state index >= 15 is 0 Å². The van der Waals surface area contributed by atoms with E-state index < -0.39 is 11.5 Å². The minimum atomic E-state index is -0.862. The summed E-state index contributed by atoms with van der Waals surface area (Å²) in [5, 5.41) is 11.4. The number of carbonyl (C=O) groups is 2. The fourth-order valence-corrected chi connectivity index (χ4v) is 4.43. The number of nitrogens with one attached hydrogen (secondary N) is 2. The van der Waals surface area contributed by atoms with Crippen molar-refractivity contribution in [1.29, 1.82) is 5.41 Å².